The molecule has 7 heteroatoms. The minimum absolute atomic E-state index is 0.194. The van der Waals surface area contributed by atoms with Crippen LogP contribution in [0.3, 0.4) is 0 Å². The Labute approximate surface area is 187 Å². The van der Waals surface area contributed by atoms with Crippen LogP contribution in [0.1, 0.15) is 10.4 Å². The third-order valence-corrected chi connectivity index (χ3v) is 5.68. The van der Waals surface area contributed by atoms with Gasteiger partial charge in [-0.2, -0.15) is 0 Å². The summed E-state index contributed by atoms with van der Waals surface area (Å²) >= 11 is 1.54. The summed E-state index contributed by atoms with van der Waals surface area (Å²) in [7, 11) is 0. The molecule has 0 bridgehead atoms. The van der Waals surface area contributed by atoms with Crippen LogP contribution in [0.4, 0.5) is 21.6 Å². The zero-order valence-electron chi connectivity index (χ0n) is 16.7. The first-order valence-corrected chi connectivity index (χ1v) is 10.8. The van der Waals surface area contributed by atoms with E-state index in [1.807, 2.05) is 35.7 Å². The standard InChI is InChI=1S/C25H17FN4OS/c26-17-8-4-9-18(14-17)27-24-23(22-10-5-13-32-22)29-21-15-19(11-12-20(21)30-24)28-25(31)16-6-2-1-3-7-16/h1-15H,(H,27,30)(H,28,31). The number of hydrogen-bond acceptors (Lipinski definition) is 5. The molecule has 0 saturated carbocycles. The van der Waals surface area contributed by atoms with Crippen LogP contribution in [-0.4, -0.2) is 15.9 Å². The van der Waals surface area contributed by atoms with Crippen molar-refractivity contribution in [2.45, 2.75) is 0 Å². The summed E-state index contributed by atoms with van der Waals surface area (Å²) in [6, 6.07) is 24.5. The van der Waals surface area contributed by atoms with Gasteiger partial charge in [0.15, 0.2) is 5.82 Å². The predicted octanol–water partition coefficient (Wildman–Crippen LogP) is 6.49. The van der Waals surface area contributed by atoms with Gasteiger partial charge in [0.05, 0.1) is 15.9 Å². The number of amides is 1. The third kappa shape index (κ3) is 4.19. The summed E-state index contributed by atoms with van der Waals surface area (Å²) in [6.45, 7) is 0. The van der Waals surface area contributed by atoms with Crippen LogP contribution in [0.2, 0.25) is 0 Å². The Morgan fingerprint density at radius 2 is 1.69 bits per heavy atom. The molecule has 5 nitrogen and oxygen atoms in total. The number of anilines is 3. The minimum atomic E-state index is -0.333. The zero-order valence-corrected chi connectivity index (χ0v) is 17.6. The number of nitrogens with zero attached hydrogens (tertiary/aromatic N) is 2. The van der Waals surface area contributed by atoms with E-state index in [9.17, 15) is 9.18 Å². The number of thiophene rings is 1. The molecular weight excluding hydrogens is 423 g/mol. The highest BCUT2D eigenvalue weighted by atomic mass is 32.1. The van der Waals surface area contributed by atoms with Crippen LogP contribution < -0.4 is 10.6 Å². The van der Waals surface area contributed by atoms with E-state index in [1.165, 1.54) is 23.5 Å². The molecule has 2 heterocycles. The van der Waals surface area contributed by atoms with Crippen molar-refractivity contribution in [3.8, 4) is 10.6 Å². The van der Waals surface area contributed by atoms with Gasteiger partial charge in [-0.1, -0.05) is 30.3 Å². The molecule has 0 aliphatic heterocycles. The monoisotopic (exact) mass is 440 g/mol. The maximum atomic E-state index is 13.7. The molecule has 5 aromatic rings. The second kappa shape index (κ2) is 8.56. The second-order valence-electron chi connectivity index (χ2n) is 7.06. The number of fused-ring (bicyclic) bond motifs is 1. The maximum absolute atomic E-state index is 13.7. The quantitative estimate of drug-likeness (QED) is 0.328. The lowest BCUT2D eigenvalue weighted by molar-refractivity contribution is 0.102. The van der Waals surface area contributed by atoms with E-state index in [0.29, 0.717) is 39.5 Å². The Morgan fingerprint density at radius 3 is 2.47 bits per heavy atom. The molecular formula is C25H17FN4OS. The summed E-state index contributed by atoms with van der Waals surface area (Å²) < 4.78 is 13.7. The van der Waals surface area contributed by atoms with Crippen molar-refractivity contribution in [2.75, 3.05) is 10.6 Å². The van der Waals surface area contributed by atoms with Crippen molar-refractivity contribution in [1.82, 2.24) is 9.97 Å². The maximum Gasteiger partial charge on any atom is 0.255 e. The lowest BCUT2D eigenvalue weighted by Crippen LogP contribution is -2.11. The lowest BCUT2D eigenvalue weighted by Gasteiger charge is -2.12. The largest absolute Gasteiger partial charge is 0.338 e. The Balaban J connectivity index is 1.53. The number of carbonyl (C=O) groups is 1. The summed E-state index contributed by atoms with van der Waals surface area (Å²) in [5, 5.41) is 8.05. The first-order chi connectivity index (χ1) is 15.7. The summed E-state index contributed by atoms with van der Waals surface area (Å²) in [5.41, 5.74) is 3.74. The molecule has 0 radical (unpaired) electrons. The van der Waals surface area contributed by atoms with Crippen LogP contribution >= 0.6 is 11.3 Å². The Kier molecular flexibility index (Phi) is 5.31. The van der Waals surface area contributed by atoms with E-state index < -0.39 is 0 Å². The van der Waals surface area contributed by atoms with Gasteiger partial charge in [-0.05, 0) is 60.0 Å². The van der Waals surface area contributed by atoms with Crippen molar-refractivity contribution in [3.05, 3.63) is 102 Å². The topological polar surface area (TPSA) is 66.9 Å². The molecule has 0 fully saturated rings. The van der Waals surface area contributed by atoms with E-state index in [4.69, 9.17) is 9.97 Å². The van der Waals surface area contributed by atoms with Crippen molar-refractivity contribution >= 4 is 45.5 Å². The number of benzene rings is 3. The summed E-state index contributed by atoms with van der Waals surface area (Å²) in [5.74, 6) is 0.00706. The second-order valence-corrected chi connectivity index (χ2v) is 8.00. The minimum Gasteiger partial charge on any atom is -0.338 e. The number of halogens is 1. The third-order valence-electron chi connectivity index (χ3n) is 4.80. The molecule has 0 unspecified atom stereocenters. The highest BCUT2D eigenvalue weighted by molar-refractivity contribution is 7.13. The molecule has 0 spiro atoms. The fraction of sp³-hybridized carbons (Fsp3) is 0. The molecule has 3 aromatic carbocycles. The number of aromatic nitrogens is 2. The molecule has 0 atom stereocenters. The molecule has 0 saturated heterocycles. The van der Waals surface area contributed by atoms with Gasteiger partial charge in [0, 0.05) is 16.9 Å². The highest BCUT2D eigenvalue weighted by Gasteiger charge is 2.14. The van der Waals surface area contributed by atoms with Gasteiger partial charge in [0.1, 0.15) is 11.5 Å². The Morgan fingerprint density at radius 1 is 0.812 bits per heavy atom. The molecule has 156 valence electrons. The van der Waals surface area contributed by atoms with Crippen molar-refractivity contribution in [2.24, 2.45) is 0 Å². The van der Waals surface area contributed by atoms with Crippen LogP contribution in [0.25, 0.3) is 21.6 Å². The summed E-state index contributed by atoms with van der Waals surface area (Å²) in [4.78, 5) is 23.0. The normalized spacial score (nSPS) is 10.8. The number of nitrogens with one attached hydrogen (secondary N) is 2. The van der Waals surface area contributed by atoms with Crippen LogP contribution in [0.15, 0.2) is 90.3 Å². The molecule has 0 aliphatic carbocycles. The average Bonchev–Trinajstić information content (AvgIpc) is 3.34. The number of carbonyl (C=O) groups excluding carboxylic acids is 1. The van der Waals surface area contributed by atoms with Crippen LogP contribution in [0.5, 0.6) is 0 Å². The van der Waals surface area contributed by atoms with Crippen molar-refractivity contribution < 1.29 is 9.18 Å². The van der Waals surface area contributed by atoms with Crippen molar-refractivity contribution in [1.29, 1.82) is 0 Å². The average molecular weight is 441 g/mol. The van der Waals surface area contributed by atoms with Gasteiger partial charge in [0.25, 0.3) is 5.91 Å². The first-order valence-electron chi connectivity index (χ1n) is 9.90. The smallest absolute Gasteiger partial charge is 0.255 e. The molecule has 1 amide bonds. The van der Waals surface area contributed by atoms with E-state index >= 15 is 0 Å². The van der Waals surface area contributed by atoms with Gasteiger partial charge >= 0.3 is 0 Å². The number of rotatable bonds is 5. The van der Waals surface area contributed by atoms with Gasteiger partial charge in [-0.25, -0.2) is 14.4 Å². The van der Waals surface area contributed by atoms with Crippen LogP contribution in [0, 0.1) is 5.82 Å². The van der Waals surface area contributed by atoms with E-state index in [2.05, 4.69) is 10.6 Å². The van der Waals surface area contributed by atoms with Gasteiger partial charge in [0.2, 0.25) is 0 Å². The summed E-state index contributed by atoms with van der Waals surface area (Å²) in [6.07, 6.45) is 0. The van der Waals surface area contributed by atoms with Crippen LogP contribution in [-0.2, 0) is 0 Å². The molecule has 2 N–H and O–H groups in total. The zero-order chi connectivity index (χ0) is 21.9. The fourth-order valence-corrected chi connectivity index (χ4v) is 4.01. The molecule has 5 rings (SSSR count). The molecule has 2 aromatic heterocycles. The Bertz CT molecular complexity index is 1400. The van der Waals surface area contributed by atoms with Crippen molar-refractivity contribution in [3.63, 3.8) is 0 Å². The number of hydrogen-bond donors (Lipinski definition) is 2. The van der Waals surface area contributed by atoms with E-state index in [0.717, 1.165) is 4.88 Å². The van der Waals surface area contributed by atoms with E-state index in [1.54, 1.807) is 42.5 Å². The molecule has 0 aliphatic rings. The Hall–Kier alpha value is -4.10. The molecule has 32 heavy (non-hydrogen) atoms. The lowest BCUT2D eigenvalue weighted by atomic mass is 10.2. The van der Waals surface area contributed by atoms with Gasteiger partial charge < -0.3 is 10.6 Å². The first kappa shape index (κ1) is 19.8. The SMILES string of the molecule is O=C(Nc1ccc2nc(Nc3cccc(F)c3)c(-c3cccs3)nc2c1)c1ccccc1. The predicted molar refractivity (Wildman–Crippen MR) is 127 cm³/mol. The highest BCUT2D eigenvalue weighted by Crippen LogP contribution is 2.33. The van der Waals surface area contributed by atoms with Gasteiger partial charge in [-0.3, -0.25) is 4.79 Å². The fourth-order valence-electron chi connectivity index (χ4n) is 3.30. The van der Waals surface area contributed by atoms with E-state index in [-0.39, 0.29) is 11.7 Å². The van der Waals surface area contributed by atoms with Gasteiger partial charge in [-0.15, -0.1) is 11.3 Å².